The summed E-state index contributed by atoms with van der Waals surface area (Å²) in [5, 5.41) is 10.1. The second-order valence-corrected chi connectivity index (χ2v) is 5.84. The van der Waals surface area contributed by atoms with Crippen molar-refractivity contribution in [3.8, 4) is 11.3 Å². The molecule has 0 saturated carbocycles. The highest BCUT2D eigenvalue weighted by atomic mass is 16.2. The van der Waals surface area contributed by atoms with Crippen molar-refractivity contribution < 1.29 is 4.79 Å². The van der Waals surface area contributed by atoms with Crippen molar-refractivity contribution in [2.75, 3.05) is 11.9 Å². The number of nitrogens with one attached hydrogen (secondary N) is 1. The van der Waals surface area contributed by atoms with E-state index in [0.29, 0.717) is 0 Å². The lowest BCUT2D eigenvalue weighted by Crippen LogP contribution is -2.23. The van der Waals surface area contributed by atoms with Crippen LogP contribution in [0.3, 0.4) is 0 Å². The van der Waals surface area contributed by atoms with Crippen LogP contribution in [0.5, 0.6) is 0 Å². The molecule has 3 aromatic rings. The first-order chi connectivity index (χ1) is 11.3. The van der Waals surface area contributed by atoms with E-state index in [4.69, 9.17) is 5.73 Å². The molecule has 1 aliphatic rings. The maximum absolute atomic E-state index is 11.8. The molecule has 2 heterocycles. The van der Waals surface area contributed by atoms with Crippen molar-refractivity contribution in [3.63, 3.8) is 0 Å². The Morgan fingerprint density at radius 3 is 2.83 bits per heavy atom. The van der Waals surface area contributed by atoms with Gasteiger partial charge in [-0.25, -0.2) is 4.79 Å². The van der Waals surface area contributed by atoms with Crippen LogP contribution in [0.2, 0.25) is 0 Å². The molecule has 0 aliphatic carbocycles. The molecule has 0 radical (unpaired) electrons. The monoisotopic (exact) mass is 306 g/mol. The van der Waals surface area contributed by atoms with Crippen molar-refractivity contribution in [2.24, 2.45) is 5.73 Å². The second-order valence-electron chi connectivity index (χ2n) is 5.84. The van der Waals surface area contributed by atoms with Gasteiger partial charge in [0.2, 0.25) is 0 Å². The molecule has 0 saturated heterocycles. The molecule has 4 rings (SSSR count). The Morgan fingerprint density at radius 1 is 1.13 bits per heavy atom. The largest absolute Gasteiger partial charge is 0.370 e. The topological polar surface area (TPSA) is 72.9 Å². The number of aromatic nitrogens is 2. The quantitative estimate of drug-likeness (QED) is 0.724. The Labute approximate surface area is 134 Å². The highest BCUT2D eigenvalue weighted by molar-refractivity contribution is 5.97. The van der Waals surface area contributed by atoms with Crippen LogP contribution in [0.1, 0.15) is 18.4 Å². The number of nitrogens with zero attached hydrogens (tertiary/aromatic N) is 2. The van der Waals surface area contributed by atoms with E-state index in [0.717, 1.165) is 59.2 Å². The van der Waals surface area contributed by atoms with E-state index in [1.165, 1.54) is 4.68 Å². The fourth-order valence-electron chi connectivity index (χ4n) is 3.31. The number of hydrogen-bond donors (Lipinski definition) is 2. The number of anilines is 1. The minimum absolute atomic E-state index is 0.554. The molecule has 5 nitrogen and oxygen atoms in total. The van der Waals surface area contributed by atoms with Gasteiger partial charge in [0, 0.05) is 17.7 Å². The first-order valence-corrected chi connectivity index (χ1v) is 7.89. The zero-order valence-corrected chi connectivity index (χ0v) is 12.7. The fourth-order valence-corrected chi connectivity index (χ4v) is 3.31. The minimum atomic E-state index is -0.554. The van der Waals surface area contributed by atoms with Gasteiger partial charge >= 0.3 is 6.03 Å². The predicted octanol–water partition coefficient (Wildman–Crippen LogP) is 3.38. The summed E-state index contributed by atoms with van der Waals surface area (Å²) in [4.78, 5) is 11.8. The first-order valence-electron chi connectivity index (χ1n) is 7.89. The Morgan fingerprint density at radius 2 is 1.96 bits per heavy atom. The number of hydrogen-bond acceptors (Lipinski definition) is 3. The molecule has 0 bridgehead atoms. The van der Waals surface area contributed by atoms with Gasteiger partial charge in [0.05, 0.1) is 5.69 Å². The standard InChI is InChI=1S/C18H18N4O/c19-18(23)22-17-15(9-3-4-11-20-17)16(21-22)14-10-5-7-12-6-1-2-8-13(12)14/h1-2,5-8,10,20H,3-4,9,11H2,(H2,19,23). The second kappa shape index (κ2) is 5.43. The molecule has 3 N–H and O–H groups in total. The summed E-state index contributed by atoms with van der Waals surface area (Å²) in [7, 11) is 0. The number of rotatable bonds is 1. The summed E-state index contributed by atoms with van der Waals surface area (Å²) < 4.78 is 1.30. The van der Waals surface area contributed by atoms with Crippen LogP contribution in [-0.2, 0) is 6.42 Å². The van der Waals surface area contributed by atoms with E-state index in [1.54, 1.807) is 0 Å². The molecule has 116 valence electrons. The molecule has 5 heteroatoms. The number of amides is 1. The normalized spacial score (nSPS) is 14.1. The number of carbonyl (C=O) groups excluding carboxylic acids is 1. The molecule has 0 spiro atoms. The Bertz CT molecular complexity index is 892. The number of benzene rings is 2. The van der Waals surface area contributed by atoms with Crippen LogP contribution < -0.4 is 11.1 Å². The molecule has 0 atom stereocenters. The zero-order valence-electron chi connectivity index (χ0n) is 12.7. The highest BCUT2D eigenvalue weighted by Crippen LogP contribution is 2.35. The predicted molar refractivity (Wildman–Crippen MR) is 91.6 cm³/mol. The molecule has 2 aromatic carbocycles. The van der Waals surface area contributed by atoms with Crippen LogP contribution in [0, 0.1) is 0 Å². The number of nitrogens with two attached hydrogens (primary N) is 1. The van der Waals surface area contributed by atoms with Gasteiger partial charge in [-0.3, -0.25) is 0 Å². The van der Waals surface area contributed by atoms with E-state index >= 15 is 0 Å². The van der Waals surface area contributed by atoms with Crippen molar-refractivity contribution in [3.05, 3.63) is 48.0 Å². The van der Waals surface area contributed by atoms with Crippen LogP contribution >= 0.6 is 0 Å². The smallest absolute Gasteiger partial charge is 0.341 e. The van der Waals surface area contributed by atoms with E-state index in [2.05, 4.69) is 34.7 Å². The van der Waals surface area contributed by atoms with Crippen molar-refractivity contribution >= 4 is 22.6 Å². The summed E-state index contributed by atoms with van der Waals surface area (Å²) in [6.45, 7) is 0.834. The third-order valence-corrected chi connectivity index (χ3v) is 4.38. The minimum Gasteiger partial charge on any atom is -0.370 e. The van der Waals surface area contributed by atoms with E-state index < -0.39 is 6.03 Å². The van der Waals surface area contributed by atoms with Crippen LogP contribution in [0.15, 0.2) is 42.5 Å². The maximum atomic E-state index is 11.8. The average molecular weight is 306 g/mol. The van der Waals surface area contributed by atoms with Crippen LogP contribution in [0.25, 0.3) is 22.0 Å². The Kier molecular flexibility index (Phi) is 3.26. The molecule has 0 unspecified atom stereocenters. The summed E-state index contributed by atoms with van der Waals surface area (Å²) in [5.41, 5.74) is 8.49. The van der Waals surface area contributed by atoms with E-state index in [1.807, 2.05) is 18.2 Å². The van der Waals surface area contributed by atoms with E-state index in [9.17, 15) is 4.79 Å². The lowest BCUT2D eigenvalue weighted by atomic mass is 9.98. The maximum Gasteiger partial charge on any atom is 0.341 e. The average Bonchev–Trinajstić information content (AvgIpc) is 2.76. The molecule has 1 aliphatic heterocycles. The molecule has 0 fully saturated rings. The van der Waals surface area contributed by atoms with Gasteiger partial charge in [0.1, 0.15) is 5.82 Å². The Hall–Kier alpha value is -2.82. The molecular formula is C18H18N4O. The third kappa shape index (κ3) is 2.25. The fraction of sp³-hybridized carbons (Fsp3) is 0.222. The number of carbonyl (C=O) groups is 1. The highest BCUT2D eigenvalue weighted by Gasteiger charge is 2.23. The first kappa shape index (κ1) is 13.8. The number of fused-ring (bicyclic) bond motifs is 2. The van der Waals surface area contributed by atoms with Gasteiger partial charge in [0.25, 0.3) is 0 Å². The van der Waals surface area contributed by atoms with Gasteiger partial charge in [-0.1, -0.05) is 42.5 Å². The van der Waals surface area contributed by atoms with Crippen LogP contribution in [-0.4, -0.2) is 22.4 Å². The summed E-state index contributed by atoms with van der Waals surface area (Å²) in [6.07, 6.45) is 3.04. The van der Waals surface area contributed by atoms with Crippen molar-refractivity contribution in [1.29, 1.82) is 0 Å². The van der Waals surface area contributed by atoms with Crippen molar-refractivity contribution in [2.45, 2.75) is 19.3 Å². The zero-order chi connectivity index (χ0) is 15.8. The summed E-state index contributed by atoms with van der Waals surface area (Å²) in [5.74, 6) is 0.748. The van der Waals surface area contributed by atoms with Gasteiger partial charge < -0.3 is 11.1 Å². The molecular weight excluding hydrogens is 288 g/mol. The summed E-state index contributed by atoms with van der Waals surface area (Å²) in [6, 6.07) is 13.8. The van der Waals surface area contributed by atoms with Gasteiger partial charge in [-0.2, -0.15) is 9.78 Å². The molecule has 1 amide bonds. The van der Waals surface area contributed by atoms with E-state index in [-0.39, 0.29) is 0 Å². The van der Waals surface area contributed by atoms with Gasteiger partial charge in [-0.15, -0.1) is 0 Å². The van der Waals surface area contributed by atoms with Gasteiger partial charge in [0.15, 0.2) is 0 Å². The van der Waals surface area contributed by atoms with Crippen LogP contribution in [0.4, 0.5) is 10.6 Å². The lowest BCUT2D eigenvalue weighted by molar-refractivity contribution is 0.248. The molecule has 1 aromatic heterocycles. The van der Waals surface area contributed by atoms with Gasteiger partial charge in [-0.05, 0) is 30.0 Å². The SMILES string of the molecule is NC(=O)n1nc(-c2cccc3ccccc23)c2c1NCCCC2. The summed E-state index contributed by atoms with van der Waals surface area (Å²) >= 11 is 0. The Balaban J connectivity index is 2.00. The number of primary amides is 1. The molecule has 23 heavy (non-hydrogen) atoms. The lowest BCUT2D eigenvalue weighted by Gasteiger charge is -2.06. The van der Waals surface area contributed by atoms with Crippen molar-refractivity contribution in [1.82, 2.24) is 9.78 Å². The third-order valence-electron chi connectivity index (χ3n) is 4.38.